The molecule has 1 heterocycles. The SMILES string of the molecule is Br.C=CC(CCCCCCCC)CCC[n+]1ccccc1. The molecule has 0 fully saturated rings. The summed E-state index contributed by atoms with van der Waals surface area (Å²) in [5, 5.41) is 0. The van der Waals surface area contributed by atoms with Crippen molar-refractivity contribution in [2.45, 2.75) is 71.3 Å². The van der Waals surface area contributed by atoms with Crippen LogP contribution in [0.3, 0.4) is 0 Å². The van der Waals surface area contributed by atoms with Crippen LogP contribution in [0.1, 0.15) is 64.7 Å². The molecule has 0 N–H and O–H groups in total. The third-order valence-electron chi connectivity index (χ3n) is 4.03. The van der Waals surface area contributed by atoms with Gasteiger partial charge in [-0.1, -0.05) is 57.6 Å². The number of halogens is 1. The van der Waals surface area contributed by atoms with Crippen molar-refractivity contribution in [3.05, 3.63) is 43.2 Å². The van der Waals surface area contributed by atoms with E-state index in [1.54, 1.807) is 0 Å². The number of hydrogen-bond donors (Lipinski definition) is 0. The maximum Gasteiger partial charge on any atom is 0.168 e. The highest BCUT2D eigenvalue weighted by atomic mass is 79.9. The monoisotopic (exact) mass is 354 g/mol. The van der Waals surface area contributed by atoms with Crippen LogP contribution in [0.5, 0.6) is 0 Å². The molecule has 1 rings (SSSR count). The van der Waals surface area contributed by atoms with Gasteiger partial charge in [-0.25, -0.2) is 4.57 Å². The lowest BCUT2D eigenvalue weighted by Crippen LogP contribution is -2.32. The van der Waals surface area contributed by atoms with Crippen LogP contribution >= 0.6 is 17.0 Å². The Labute approximate surface area is 142 Å². The van der Waals surface area contributed by atoms with E-state index in [1.807, 2.05) is 0 Å². The number of nitrogens with zero attached hydrogens (tertiary/aromatic N) is 1. The molecule has 21 heavy (non-hydrogen) atoms. The van der Waals surface area contributed by atoms with E-state index >= 15 is 0 Å². The molecule has 0 spiro atoms. The summed E-state index contributed by atoms with van der Waals surface area (Å²) in [6, 6.07) is 6.27. The van der Waals surface area contributed by atoms with Crippen molar-refractivity contribution in [2.24, 2.45) is 5.92 Å². The Kier molecular flexibility index (Phi) is 13.9. The minimum absolute atomic E-state index is 0. The normalized spacial score (nSPS) is 11.7. The van der Waals surface area contributed by atoms with Crippen LogP contribution in [-0.4, -0.2) is 0 Å². The van der Waals surface area contributed by atoms with Crippen molar-refractivity contribution < 1.29 is 4.57 Å². The molecule has 120 valence electrons. The van der Waals surface area contributed by atoms with Gasteiger partial charge in [-0.05, 0) is 18.8 Å². The van der Waals surface area contributed by atoms with Gasteiger partial charge in [0.2, 0.25) is 0 Å². The minimum atomic E-state index is 0. The average Bonchev–Trinajstić information content (AvgIpc) is 2.50. The maximum absolute atomic E-state index is 4.01. The van der Waals surface area contributed by atoms with Gasteiger partial charge in [0.25, 0.3) is 0 Å². The fraction of sp³-hybridized carbons (Fsp3) is 0.632. The van der Waals surface area contributed by atoms with E-state index in [2.05, 4.69) is 54.7 Å². The third kappa shape index (κ3) is 10.7. The van der Waals surface area contributed by atoms with E-state index < -0.39 is 0 Å². The number of aryl methyl sites for hydroxylation is 1. The van der Waals surface area contributed by atoms with Crippen LogP contribution in [0.2, 0.25) is 0 Å². The Balaban J connectivity index is 0.00000400. The van der Waals surface area contributed by atoms with Crippen molar-refractivity contribution in [3.63, 3.8) is 0 Å². The summed E-state index contributed by atoms with van der Waals surface area (Å²) in [5.41, 5.74) is 0. The fourth-order valence-corrected chi connectivity index (χ4v) is 2.69. The molecule has 0 aliphatic carbocycles. The Bertz CT molecular complexity index is 337. The van der Waals surface area contributed by atoms with Gasteiger partial charge in [-0.15, -0.1) is 23.6 Å². The number of unbranched alkanes of at least 4 members (excludes halogenated alkanes) is 5. The van der Waals surface area contributed by atoms with Crippen molar-refractivity contribution in [1.29, 1.82) is 0 Å². The number of hydrogen-bond acceptors (Lipinski definition) is 0. The number of aromatic nitrogens is 1. The Morgan fingerprint density at radius 1 is 0.905 bits per heavy atom. The zero-order valence-corrected chi connectivity index (χ0v) is 15.4. The highest BCUT2D eigenvalue weighted by Crippen LogP contribution is 2.17. The van der Waals surface area contributed by atoms with Gasteiger partial charge in [0.05, 0.1) is 0 Å². The van der Waals surface area contributed by atoms with E-state index in [-0.39, 0.29) is 17.0 Å². The van der Waals surface area contributed by atoms with Crippen molar-refractivity contribution in [2.75, 3.05) is 0 Å². The lowest BCUT2D eigenvalue weighted by molar-refractivity contribution is -0.697. The van der Waals surface area contributed by atoms with E-state index in [0.717, 1.165) is 6.54 Å². The van der Waals surface area contributed by atoms with Crippen LogP contribution < -0.4 is 4.57 Å². The molecule has 1 aromatic heterocycles. The van der Waals surface area contributed by atoms with Crippen LogP contribution in [0.4, 0.5) is 0 Å². The van der Waals surface area contributed by atoms with Gasteiger partial charge in [-0.2, -0.15) is 0 Å². The molecule has 1 nitrogen and oxygen atoms in total. The first kappa shape index (κ1) is 20.4. The molecular weight excluding hydrogens is 322 g/mol. The van der Waals surface area contributed by atoms with E-state index in [0.29, 0.717) is 5.92 Å². The first-order valence-corrected chi connectivity index (χ1v) is 8.43. The molecule has 0 saturated carbocycles. The lowest BCUT2D eigenvalue weighted by atomic mass is 9.96. The van der Waals surface area contributed by atoms with Gasteiger partial charge in [-0.3, -0.25) is 0 Å². The summed E-state index contributed by atoms with van der Waals surface area (Å²) in [7, 11) is 0. The third-order valence-corrected chi connectivity index (χ3v) is 4.03. The second kappa shape index (κ2) is 14.3. The Hall–Kier alpha value is -0.630. The predicted octanol–water partition coefficient (Wildman–Crippen LogP) is 5.89. The van der Waals surface area contributed by atoms with Crippen molar-refractivity contribution in [3.8, 4) is 0 Å². The van der Waals surface area contributed by atoms with Crippen LogP contribution in [-0.2, 0) is 6.54 Å². The lowest BCUT2D eigenvalue weighted by Gasteiger charge is -2.11. The molecule has 1 unspecified atom stereocenters. The van der Waals surface area contributed by atoms with Crippen molar-refractivity contribution >= 4 is 17.0 Å². The molecule has 0 aliphatic heterocycles. The van der Waals surface area contributed by atoms with Gasteiger partial charge in [0.15, 0.2) is 12.4 Å². The Morgan fingerprint density at radius 3 is 2.19 bits per heavy atom. The molecule has 2 heteroatoms. The minimum Gasteiger partial charge on any atom is -0.205 e. The molecule has 0 saturated heterocycles. The topological polar surface area (TPSA) is 3.88 Å². The highest BCUT2D eigenvalue weighted by molar-refractivity contribution is 8.93. The number of allylic oxidation sites excluding steroid dienone is 1. The molecule has 1 aromatic rings. The van der Waals surface area contributed by atoms with Gasteiger partial charge in [0, 0.05) is 18.6 Å². The molecule has 0 radical (unpaired) electrons. The Morgan fingerprint density at radius 2 is 1.52 bits per heavy atom. The second-order valence-electron chi connectivity index (χ2n) is 5.81. The summed E-state index contributed by atoms with van der Waals surface area (Å²) >= 11 is 0. The quantitative estimate of drug-likeness (QED) is 0.250. The second-order valence-corrected chi connectivity index (χ2v) is 5.81. The van der Waals surface area contributed by atoms with Crippen molar-refractivity contribution in [1.82, 2.24) is 0 Å². The van der Waals surface area contributed by atoms with Gasteiger partial charge in [0.1, 0.15) is 6.54 Å². The standard InChI is InChI=1S/C19H32N.BrH/c1-3-5-6-7-8-10-14-19(4-2)15-13-18-20-16-11-9-12-17-20;/h4,9,11-12,16-17,19H,2-3,5-8,10,13-15,18H2,1H3;1H/q+1;. The van der Waals surface area contributed by atoms with Crippen LogP contribution in [0.25, 0.3) is 0 Å². The van der Waals surface area contributed by atoms with Gasteiger partial charge >= 0.3 is 0 Å². The van der Waals surface area contributed by atoms with Crippen LogP contribution in [0, 0.1) is 5.92 Å². The first-order valence-electron chi connectivity index (χ1n) is 8.43. The van der Waals surface area contributed by atoms with E-state index in [9.17, 15) is 0 Å². The molecule has 0 bridgehead atoms. The van der Waals surface area contributed by atoms with E-state index in [4.69, 9.17) is 0 Å². The van der Waals surface area contributed by atoms with E-state index in [1.165, 1.54) is 57.8 Å². The molecule has 0 amide bonds. The fourth-order valence-electron chi connectivity index (χ4n) is 2.69. The summed E-state index contributed by atoms with van der Waals surface area (Å²) in [5.74, 6) is 0.713. The number of rotatable bonds is 12. The smallest absolute Gasteiger partial charge is 0.168 e. The van der Waals surface area contributed by atoms with Crippen LogP contribution in [0.15, 0.2) is 43.2 Å². The average molecular weight is 355 g/mol. The molecule has 0 aromatic carbocycles. The zero-order valence-electron chi connectivity index (χ0n) is 13.7. The summed E-state index contributed by atoms with van der Waals surface area (Å²) in [6.45, 7) is 7.41. The maximum atomic E-state index is 4.01. The summed E-state index contributed by atoms with van der Waals surface area (Å²) in [6.07, 6.45) is 18.7. The first-order chi connectivity index (χ1) is 9.86. The predicted molar refractivity (Wildman–Crippen MR) is 97.9 cm³/mol. The molecule has 0 aliphatic rings. The summed E-state index contributed by atoms with van der Waals surface area (Å²) < 4.78 is 2.27. The van der Waals surface area contributed by atoms with Gasteiger partial charge < -0.3 is 0 Å². The highest BCUT2D eigenvalue weighted by Gasteiger charge is 2.06. The molecule has 1 atom stereocenters. The molecular formula is C19H33BrN+. The zero-order chi connectivity index (χ0) is 14.5. The summed E-state index contributed by atoms with van der Waals surface area (Å²) in [4.78, 5) is 0. The number of pyridine rings is 1. The largest absolute Gasteiger partial charge is 0.205 e.